The van der Waals surface area contributed by atoms with Crippen LogP contribution < -0.4 is 5.32 Å². The summed E-state index contributed by atoms with van der Waals surface area (Å²) in [7, 11) is 1.88. The first-order valence-electron chi connectivity index (χ1n) is 5.45. The molecule has 2 heterocycles. The molecule has 0 aromatic carbocycles. The smallest absolute Gasteiger partial charge is 0.320 e. The first-order chi connectivity index (χ1) is 6.70. The lowest BCUT2D eigenvalue weighted by molar-refractivity contribution is 0.155. The average Bonchev–Trinajstić information content (AvgIpc) is 2.49. The van der Waals surface area contributed by atoms with Gasteiger partial charge in [0.2, 0.25) is 0 Å². The van der Waals surface area contributed by atoms with Gasteiger partial charge < -0.3 is 15.1 Å². The average molecular weight is 197 g/mol. The van der Waals surface area contributed by atoms with Crippen molar-refractivity contribution >= 4 is 6.03 Å². The predicted molar refractivity (Wildman–Crippen MR) is 55.2 cm³/mol. The second-order valence-electron chi connectivity index (χ2n) is 4.35. The van der Waals surface area contributed by atoms with Crippen LogP contribution in [0.1, 0.15) is 19.8 Å². The highest BCUT2D eigenvalue weighted by Gasteiger charge is 2.35. The molecule has 0 aliphatic carbocycles. The largest absolute Gasteiger partial charge is 0.326 e. The van der Waals surface area contributed by atoms with E-state index in [1.807, 2.05) is 11.9 Å². The fraction of sp³-hybridized carbons (Fsp3) is 0.900. The highest BCUT2D eigenvalue weighted by atomic mass is 16.2. The zero-order chi connectivity index (χ0) is 10.1. The molecule has 4 nitrogen and oxygen atoms in total. The molecule has 2 saturated heterocycles. The van der Waals surface area contributed by atoms with Gasteiger partial charge in [-0.3, -0.25) is 0 Å². The van der Waals surface area contributed by atoms with Crippen molar-refractivity contribution in [1.29, 1.82) is 0 Å². The summed E-state index contributed by atoms with van der Waals surface area (Å²) in [5.41, 5.74) is 0. The standard InChI is InChI=1S/C10H19N3O/c1-8-9(4-3-5-11-8)13-7-6-12(2)10(13)14/h8-9,11H,3-7H2,1-2H3. The Kier molecular flexibility index (Phi) is 2.63. The molecule has 80 valence electrons. The predicted octanol–water partition coefficient (Wildman–Crippen LogP) is 0.494. The normalized spacial score (nSPS) is 34.0. The van der Waals surface area contributed by atoms with Gasteiger partial charge >= 0.3 is 6.03 Å². The molecule has 0 spiro atoms. The van der Waals surface area contributed by atoms with Crippen LogP contribution in [0, 0.1) is 0 Å². The first kappa shape index (κ1) is 9.77. The van der Waals surface area contributed by atoms with Gasteiger partial charge in [-0.15, -0.1) is 0 Å². The first-order valence-corrected chi connectivity index (χ1v) is 5.45. The van der Waals surface area contributed by atoms with Crippen molar-refractivity contribution in [2.75, 3.05) is 26.7 Å². The highest BCUT2D eigenvalue weighted by Crippen LogP contribution is 2.19. The number of hydrogen-bond donors (Lipinski definition) is 1. The van der Waals surface area contributed by atoms with Crippen LogP contribution in [0.5, 0.6) is 0 Å². The fourth-order valence-electron chi connectivity index (χ4n) is 2.43. The van der Waals surface area contributed by atoms with E-state index in [1.54, 1.807) is 4.90 Å². The molecule has 2 aliphatic heterocycles. The molecule has 0 aromatic heterocycles. The van der Waals surface area contributed by atoms with Crippen LogP contribution in [-0.4, -0.2) is 54.6 Å². The molecule has 2 amide bonds. The number of nitrogens with zero attached hydrogens (tertiary/aromatic N) is 2. The van der Waals surface area contributed by atoms with Crippen LogP contribution >= 0.6 is 0 Å². The number of likely N-dealkylation sites (N-methyl/N-ethyl adjacent to an activating group) is 1. The van der Waals surface area contributed by atoms with Crippen molar-refractivity contribution < 1.29 is 4.79 Å². The third-order valence-electron chi connectivity index (χ3n) is 3.37. The van der Waals surface area contributed by atoms with E-state index in [1.165, 1.54) is 6.42 Å². The molecule has 4 heteroatoms. The van der Waals surface area contributed by atoms with E-state index in [9.17, 15) is 4.79 Å². The van der Waals surface area contributed by atoms with Crippen LogP contribution in [0.2, 0.25) is 0 Å². The maximum atomic E-state index is 11.8. The Balaban J connectivity index is 2.03. The summed E-state index contributed by atoms with van der Waals surface area (Å²) < 4.78 is 0. The molecule has 2 unspecified atom stereocenters. The minimum absolute atomic E-state index is 0.200. The number of amides is 2. The van der Waals surface area contributed by atoms with E-state index >= 15 is 0 Å². The van der Waals surface area contributed by atoms with E-state index in [2.05, 4.69) is 12.2 Å². The molecule has 0 aromatic rings. The molecule has 2 atom stereocenters. The molecule has 0 bridgehead atoms. The third-order valence-corrected chi connectivity index (χ3v) is 3.37. The Morgan fingerprint density at radius 1 is 1.43 bits per heavy atom. The number of hydrogen-bond acceptors (Lipinski definition) is 2. The summed E-state index contributed by atoms with van der Waals surface area (Å²) in [6.45, 7) is 5.04. The minimum Gasteiger partial charge on any atom is -0.326 e. The van der Waals surface area contributed by atoms with Crippen LogP contribution in [0.25, 0.3) is 0 Å². The summed E-state index contributed by atoms with van der Waals surface area (Å²) in [6.07, 6.45) is 2.33. The molecule has 0 saturated carbocycles. The second-order valence-corrected chi connectivity index (χ2v) is 4.35. The van der Waals surface area contributed by atoms with Gasteiger partial charge in [0.15, 0.2) is 0 Å². The molecule has 0 radical (unpaired) electrons. The van der Waals surface area contributed by atoms with Gasteiger partial charge in [0.1, 0.15) is 0 Å². The van der Waals surface area contributed by atoms with E-state index in [0.29, 0.717) is 12.1 Å². The maximum absolute atomic E-state index is 11.8. The highest BCUT2D eigenvalue weighted by molar-refractivity contribution is 5.76. The van der Waals surface area contributed by atoms with Crippen molar-refractivity contribution in [2.45, 2.75) is 31.8 Å². The number of urea groups is 1. The fourth-order valence-corrected chi connectivity index (χ4v) is 2.43. The van der Waals surface area contributed by atoms with Gasteiger partial charge in [-0.05, 0) is 26.3 Å². The van der Waals surface area contributed by atoms with Gasteiger partial charge in [0.05, 0.1) is 0 Å². The Bertz CT molecular complexity index is 231. The molecule has 14 heavy (non-hydrogen) atoms. The summed E-state index contributed by atoms with van der Waals surface area (Å²) in [4.78, 5) is 15.6. The molecule has 2 rings (SSSR count). The van der Waals surface area contributed by atoms with Gasteiger partial charge in [-0.2, -0.15) is 0 Å². The maximum Gasteiger partial charge on any atom is 0.320 e. The van der Waals surface area contributed by atoms with E-state index < -0.39 is 0 Å². The monoisotopic (exact) mass is 197 g/mol. The number of carbonyl (C=O) groups excluding carboxylic acids is 1. The quantitative estimate of drug-likeness (QED) is 0.664. The lowest BCUT2D eigenvalue weighted by Gasteiger charge is -2.36. The molecule has 2 aliphatic rings. The van der Waals surface area contributed by atoms with Crippen LogP contribution in [0.15, 0.2) is 0 Å². The van der Waals surface area contributed by atoms with Crippen LogP contribution in [-0.2, 0) is 0 Å². The lowest BCUT2D eigenvalue weighted by Crippen LogP contribution is -2.53. The van der Waals surface area contributed by atoms with Crippen molar-refractivity contribution in [2.24, 2.45) is 0 Å². The zero-order valence-corrected chi connectivity index (χ0v) is 8.99. The van der Waals surface area contributed by atoms with Crippen molar-refractivity contribution in [3.63, 3.8) is 0 Å². The number of carbonyl (C=O) groups is 1. The van der Waals surface area contributed by atoms with Crippen molar-refractivity contribution in [3.8, 4) is 0 Å². The topological polar surface area (TPSA) is 35.6 Å². The minimum atomic E-state index is 0.200. The van der Waals surface area contributed by atoms with Gasteiger partial charge in [-0.1, -0.05) is 0 Å². The number of rotatable bonds is 1. The van der Waals surface area contributed by atoms with Gasteiger partial charge in [-0.25, -0.2) is 4.79 Å². The SMILES string of the molecule is CC1NCCCC1N1CCN(C)C1=O. The zero-order valence-electron chi connectivity index (χ0n) is 8.99. The Labute approximate surface area is 85.2 Å². The molecular formula is C10H19N3O. The Morgan fingerprint density at radius 2 is 2.21 bits per heavy atom. The second kappa shape index (κ2) is 3.77. The van der Waals surface area contributed by atoms with E-state index in [4.69, 9.17) is 0 Å². The molecule has 2 fully saturated rings. The Morgan fingerprint density at radius 3 is 2.79 bits per heavy atom. The lowest BCUT2D eigenvalue weighted by atomic mass is 9.98. The van der Waals surface area contributed by atoms with Crippen molar-refractivity contribution in [3.05, 3.63) is 0 Å². The summed E-state index contributed by atoms with van der Waals surface area (Å²) in [6, 6.07) is 1.05. The van der Waals surface area contributed by atoms with Crippen molar-refractivity contribution in [1.82, 2.24) is 15.1 Å². The van der Waals surface area contributed by atoms with Gasteiger partial charge in [0, 0.05) is 32.2 Å². The van der Waals surface area contributed by atoms with E-state index in [0.717, 1.165) is 26.1 Å². The summed E-state index contributed by atoms with van der Waals surface area (Å²) in [5, 5.41) is 3.43. The summed E-state index contributed by atoms with van der Waals surface area (Å²) in [5.74, 6) is 0. The third kappa shape index (κ3) is 1.59. The number of piperidine rings is 1. The van der Waals surface area contributed by atoms with Crippen LogP contribution in [0.3, 0.4) is 0 Å². The number of nitrogens with one attached hydrogen (secondary N) is 1. The Hall–Kier alpha value is -0.770. The molecule has 1 N–H and O–H groups in total. The van der Waals surface area contributed by atoms with Crippen LogP contribution in [0.4, 0.5) is 4.79 Å². The van der Waals surface area contributed by atoms with Gasteiger partial charge in [0.25, 0.3) is 0 Å². The molecular weight excluding hydrogens is 178 g/mol. The van der Waals surface area contributed by atoms with E-state index in [-0.39, 0.29) is 6.03 Å². The summed E-state index contributed by atoms with van der Waals surface area (Å²) >= 11 is 0.